The largest absolute Gasteiger partial charge is 2.00 e. The van der Waals surface area contributed by atoms with Gasteiger partial charge in [-0.2, -0.15) is 12.8 Å². The standard InChI is InChI=1S/C13H12NS.W/c1-3-5-6-7-8-9-10-12-15-13-14-11-4-2;/h5H,2-4,11H2,1H3;/q-3;+2. The fraction of sp³-hybridized carbons (Fsp3) is 0.308. The number of unbranched alkanes of at least 4 members (excludes halogenated alkanes) is 1. The van der Waals surface area contributed by atoms with Crippen molar-refractivity contribution in [1.82, 2.24) is 0 Å². The molecule has 0 unspecified atom stereocenters. The molecule has 0 aliphatic rings. The van der Waals surface area contributed by atoms with Crippen LogP contribution in [0.3, 0.4) is 0 Å². The zero-order chi connectivity index (χ0) is 11.2. The fourth-order valence-electron chi connectivity index (χ4n) is 0.483. The Hall–Kier alpha value is -0.742. The Kier molecular flexibility index (Phi) is 18.4. The zero-order valence-electron chi connectivity index (χ0n) is 9.17. The summed E-state index contributed by atoms with van der Waals surface area (Å²) in [4.78, 5) is 3.91. The van der Waals surface area contributed by atoms with Crippen LogP contribution in [0.4, 0.5) is 0 Å². The van der Waals surface area contributed by atoms with Crippen molar-refractivity contribution in [2.24, 2.45) is 4.99 Å². The monoisotopic (exact) mass is 398 g/mol. The van der Waals surface area contributed by atoms with Gasteiger partial charge in [0.15, 0.2) is 0 Å². The molecule has 0 atom stereocenters. The van der Waals surface area contributed by atoms with Crippen LogP contribution in [-0.4, -0.2) is 12.1 Å². The van der Waals surface area contributed by atoms with E-state index in [1.807, 2.05) is 13.3 Å². The predicted octanol–water partition coefficient (Wildman–Crippen LogP) is 2.43. The molecule has 0 spiro atoms. The van der Waals surface area contributed by atoms with Crippen molar-refractivity contribution in [2.75, 3.05) is 6.54 Å². The molecule has 82 valence electrons. The summed E-state index contributed by atoms with van der Waals surface area (Å²) >= 11 is 1.20. The van der Waals surface area contributed by atoms with Crippen molar-refractivity contribution < 1.29 is 21.1 Å². The molecular formula is C13H12NSW-. The summed E-state index contributed by atoms with van der Waals surface area (Å²) in [5.74, 6) is 13.3. The third-order valence-electron chi connectivity index (χ3n) is 1.05. The third-order valence-corrected chi connectivity index (χ3v) is 1.47. The second kappa shape index (κ2) is 16.7. The Morgan fingerprint density at radius 3 is 2.75 bits per heavy atom. The van der Waals surface area contributed by atoms with E-state index in [2.05, 4.69) is 52.3 Å². The molecule has 0 rings (SSSR count). The van der Waals surface area contributed by atoms with E-state index in [0.29, 0.717) is 6.54 Å². The Labute approximate surface area is 118 Å². The molecule has 0 heterocycles. The summed E-state index contributed by atoms with van der Waals surface area (Å²) in [6.07, 6.45) is 3.58. The van der Waals surface area contributed by atoms with E-state index >= 15 is 0 Å². The van der Waals surface area contributed by atoms with E-state index in [1.165, 1.54) is 11.8 Å². The Balaban J connectivity index is 0. The molecule has 0 saturated carbocycles. The molecule has 0 aliphatic carbocycles. The van der Waals surface area contributed by atoms with Crippen LogP contribution < -0.4 is 0 Å². The number of thioether (sulfide) groups is 1. The van der Waals surface area contributed by atoms with Gasteiger partial charge in [0, 0.05) is 0 Å². The number of rotatable bonds is 4. The number of hydrogen-bond donors (Lipinski definition) is 0. The molecule has 0 aromatic heterocycles. The average molecular weight is 398 g/mol. The normalized spacial score (nSPS) is 7.38. The maximum absolute atomic E-state index is 3.91. The van der Waals surface area contributed by atoms with Crippen molar-refractivity contribution in [1.29, 1.82) is 0 Å². The van der Waals surface area contributed by atoms with Gasteiger partial charge in [0.2, 0.25) is 0 Å². The number of hydrogen-bond acceptors (Lipinski definition) is 2. The Morgan fingerprint density at radius 1 is 1.31 bits per heavy atom. The van der Waals surface area contributed by atoms with E-state index in [1.54, 1.807) is 0 Å². The Bertz CT molecular complexity index is 355. The molecule has 16 heavy (non-hydrogen) atoms. The van der Waals surface area contributed by atoms with Crippen LogP contribution in [0.15, 0.2) is 4.99 Å². The van der Waals surface area contributed by atoms with E-state index < -0.39 is 0 Å². The van der Waals surface area contributed by atoms with Gasteiger partial charge >= 0.3 is 21.1 Å². The van der Waals surface area contributed by atoms with Crippen molar-refractivity contribution in [2.45, 2.75) is 19.8 Å². The first-order valence-electron chi connectivity index (χ1n) is 4.60. The minimum Gasteiger partial charge on any atom is -0.494 e. The first-order valence-corrected chi connectivity index (χ1v) is 5.42. The van der Waals surface area contributed by atoms with Gasteiger partial charge in [0.1, 0.15) is 0 Å². The first kappa shape index (κ1) is 17.6. The molecule has 1 nitrogen and oxygen atoms in total. The molecule has 0 aliphatic heterocycles. The SMILES string of the molecule is [CH2-]CCN=[C-]SC#CC#CC#C[CH-]CC.[W+2]. The first-order chi connectivity index (χ1) is 7.41. The maximum atomic E-state index is 3.91. The van der Waals surface area contributed by atoms with Gasteiger partial charge in [-0.15, -0.1) is 5.92 Å². The van der Waals surface area contributed by atoms with Crippen LogP contribution in [-0.2, 0) is 21.1 Å². The van der Waals surface area contributed by atoms with Crippen LogP contribution in [0.2, 0.25) is 0 Å². The van der Waals surface area contributed by atoms with Gasteiger partial charge in [-0.3, -0.25) is 5.92 Å². The van der Waals surface area contributed by atoms with Crippen LogP contribution in [0, 0.1) is 48.2 Å². The maximum Gasteiger partial charge on any atom is 2.00 e. The van der Waals surface area contributed by atoms with E-state index in [0.717, 1.165) is 12.8 Å². The molecule has 0 fully saturated rings. The zero-order valence-corrected chi connectivity index (χ0v) is 12.9. The van der Waals surface area contributed by atoms with Crippen LogP contribution >= 0.6 is 11.8 Å². The summed E-state index contributed by atoms with van der Waals surface area (Å²) in [5, 5.41) is 2.72. The minimum atomic E-state index is 0. The summed E-state index contributed by atoms with van der Waals surface area (Å²) in [6.45, 7) is 6.37. The second-order valence-corrected chi connectivity index (χ2v) is 2.88. The fourth-order valence-corrected chi connectivity index (χ4v) is 0.786. The molecule has 0 saturated heterocycles. The third kappa shape index (κ3) is 15.7. The number of aliphatic imine (C=N–C) groups is 1. The minimum absolute atomic E-state index is 0. The van der Waals surface area contributed by atoms with Gasteiger partial charge in [-0.1, -0.05) is 18.6 Å². The molecule has 0 amide bonds. The van der Waals surface area contributed by atoms with Gasteiger partial charge in [-0.05, 0) is 18.4 Å². The van der Waals surface area contributed by atoms with E-state index in [4.69, 9.17) is 0 Å². The van der Waals surface area contributed by atoms with Gasteiger partial charge in [0.05, 0.1) is 0 Å². The van der Waals surface area contributed by atoms with E-state index in [-0.39, 0.29) is 21.1 Å². The van der Waals surface area contributed by atoms with Gasteiger partial charge in [-0.25, -0.2) is 17.7 Å². The summed E-state index contributed by atoms with van der Waals surface area (Å²) < 4.78 is 0. The molecule has 0 aromatic carbocycles. The second-order valence-electron chi connectivity index (χ2n) is 2.29. The summed E-state index contributed by atoms with van der Waals surface area (Å²) in [6, 6.07) is 0. The topological polar surface area (TPSA) is 12.4 Å². The van der Waals surface area contributed by atoms with Crippen molar-refractivity contribution in [3.05, 3.63) is 13.3 Å². The summed E-state index contributed by atoms with van der Waals surface area (Å²) in [5.41, 5.74) is 2.72. The molecule has 0 N–H and O–H groups in total. The average Bonchev–Trinajstić information content (AvgIpc) is 2.26. The number of nitrogens with zero attached hydrogens (tertiary/aromatic N) is 1. The summed E-state index contributed by atoms with van der Waals surface area (Å²) in [7, 11) is 0. The van der Waals surface area contributed by atoms with Gasteiger partial charge < -0.3 is 17.5 Å². The van der Waals surface area contributed by atoms with Crippen molar-refractivity contribution in [3.8, 4) is 34.9 Å². The van der Waals surface area contributed by atoms with Gasteiger partial charge in [0.25, 0.3) is 0 Å². The predicted molar refractivity (Wildman–Crippen MR) is 67.8 cm³/mol. The van der Waals surface area contributed by atoms with Crippen molar-refractivity contribution in [3.63, 3.8) is 0 Å². The molecular weight excluding hydrogens is 386 g/mol. The molecule has 0 bridgehead atoms. The Morgan fingerprint density at radius 2 is 2.06 bits per heavy atom. The van der Waals surface area contributed by atoms with Crippen molar-refractivity contribution >= 4 is 17.3 Å². The van der Waals surface area contributed by atoms with Crippen LogP contribution in [0.1, 0.15) is 19.8 Å². The van der Waals surface area contributed by atoms with Crippen LogP contribution in [0.25, 0.3) is 0 Å². The molecule has 0 aromatic rings. The molecule has 0 radical (unpaired) electrons. The smallest absolute Gasteiger partial charge is 0.494 e. The van der Waals surface area contributed by atoms with E-state index in [9.17, 15) is 0 Å². The van der Waals surface area contributed by atoms with Crippen LogP contribution in [0.5, 0.6) is 0 Å². The molecule has 3 heteroatoms. The quantitative estimate of drug-likeness (QED) is 0.307.